The van der Waals surface area contributed by atoms with Gasteiger partial charge in [0.25, 0.3) is 10.0 Å². The molecular weight excluding hydrogens is 364 g/mol. The van der Waals surface area contributed by atoms with Gasteiger partial charge in [0.2, 0.25) is 0 Å². The number of hydrogen-bond acceptors (Lipinski definition) is 5. The molecule has 4 rings (SSSR count). The van der Waals surface area contributed by atoms with E-state index in [9.17, 15) is 8.42 Å². The highest BCUT2D eigenvalue weighted by Crippen LogP contribution is 2.26. The van der Waals surface area contributed by atoms with Gasteiger partial charge in [-0.3, -0.25) is 0 Å². The zero-order valence-electron chi connectivity index (χ0n) is 15.4. The second-order valence-electron chi connectivity index (χ2n) is 6.91. The standard InChI is InChI=1S/C18H22N6O2S/c1-14-10-23(27(25,26)18-12-22(2)13-19-18)11-17-21-20-16(24(14)17)9-8-15-6-4-3-5-7-15/h3-7,12-14H,8-11H2,1-2H3/t14-/m0/s1. The molecule has 0 N–H and O–H groups in total. The van der Waals surface area contributed by atoms with Gasteiger partial charge in [-0.15, -0.1) is 10.2 Å². The highest BCUT2D eigenvalue weighted by molar-refractivity contribution is 7.89. The highest BCUT2D eigenvalue weighted by Gasteiger charge is 2.35. The fourth-order valence-corrected chi connectivity index (χ4v) is 4.93. The first-order chi connectivity index (χ1) is 12.9. The van der Waals surface area contributed by atoms with E-state index in [1.807, 2.05) is 25.1 Å². The van der Waals surface area contributed by atoms with E-state index in [1.165, 1.54) is 22.4 Å². The molecule has 142 valence electrons. The van der Waals surface area contributed by atoms with Crippen LogP contribution in [0.4, 0.5) is 0 Å². The topological polar surface area (TPSA) is 85.9 Å². The number of sulfonamides is 1. The molecule has 9 heteroatoms. The van der Waals surface area contributed by atoms with Gasteiger partial charge in [0.1, 0.15) is 11.6 Å². The molecule has 27 heavy (non-hydrogen) atoms. The first-order valence-electron chi connectivity index (χ1n) is 8.90. The third-order valence-electron chi connectivity index (χ3n) is 4.83. The van der Waals surface area contributed by atoms with Crippen LogP contribution in [0, 0.1) is 0 Å². The Hall–Kier alpha value is -2.52. The van der Waals surface area contributed by atoms with Crippen LogP contribution in [0.2, 0.25) is 0 Å². The second-order valence-corrected chi connectivity index (χ2v) is 8.80. The van der Waals surface area contributed by atoms with Crippen LogP contribution >= 0.6 is 0 Å². The lowest BCUT2D eigenvalue weighted by Gasteiger charge is -2.31. The minimum absolute atomic E-state index is 0.0342. The van der Waals surface area contributed by atoms with E-state index in [0.717, 1.165) is 18.7 Å². The number of aromatic nitrogens is 5. The fourth-order valence-electron chi connectivity index (χ4n) is 3.48. The molecule has 0 spiro atoms. The van der Waals surface area contributed by atoms with Crippen molar-refractivity contribution in [2.75, 3.05) is 6.54 Å². The zero-order valence-corrected chi connectivity index (χ0v) is 16.2. The molecular formula is C18H22N6O2S. The van der Waals surface area contributed by atoms with E-state index in [0.29, 0.717) is 12.4 Å². The summed E-state index contributed by atoms with van der Waals surface area (Å²) in [6.07, 6.45) is 4.66. The monoisotopic (exact) mass is 386 g/mol. The third-order valence-corrected chi connectivity index (χ3v) is 6.53. The third kappa shape index (κ3) is 3.40. The van der Waals surface area contributed by atoms with E-state index in [-0.39, 0.29) is 17.6 Å². The van der Waals surface area contributed by atoms with Gasteiger partial charge in [-0.25, -0.2) is 13.4 Å². The molecule has 0 saturated heterocycles. The predicted octanol–water partition coefficient (Wildman–Crippen LogP) is 1.56. The number of aryl methyl sites for hydroxylation is 3. The number of benzene rings is 1. The Morgan fingerprint density at radius 1 is 1.15 bits per heavy atom. The van der Waals surface area contributed by atoms with Gasteiger partial charge < -0.3 is 9.13 Å². The summed E-state index contributed by atoms with van der Waals surface area (Å²) in [5, 5.41) is 8.66. The Kier molecular flexibility index (Phi) is 4.56. The lowest BCUT2D eigenvalue weighted by atomic mass is 10.1. The van der Waals surface area contributed by atoms with Crippen LogP contribution in [0.15, 0.2) is 47.9 Å². The largest absolute Gasteiger partial charge is 0.339 e. The van der Waals surface area contributed by atoms with Crippen LogP contribution in [0.5, 0.6) is 0 Å². The summed E-state index contributed by atoms with van der Waals surface area (Å²) in [5.74, 6) is 1.58. The van der Waals surface area contributed by atoms with Crippen molar-refractivity contribution in [2.24, 2.45) is 7.05 Å². The second kappa shape index (κ2) is 6.90. The number of nitrogens with zero attached hydrogens (tertiary/aromatic N) is 6. The minimum Gasteiger partial charge on any atom is -0.339 e. The normalized spacial score (nSPS) is 17.8. The van der Waals surface area contributed by atoms with Crippen molar-refractivity contribution in [3.8, 4) is 0 Å². The Morgan fingerprint density at radius 3 is 2.63 bits per heavy atom. The van der Waals surface area contributed by atoms with Crippen molar-refractivity contribution in [3.63, 3.8) is 0 Å². The minimum atomic E-state index is -3.64. The lowest BCUT2D eigenvalue weighted by molar-refractivity contribution is 0.286. The van der Waals surface area contributed by atoms with E-state index < -0.39 is 10.0 Å². The predicted molar refractivity (Wildman–Crippen MR) is 99.4 cm³/mol. The molecule has 3 aromatic rings. The van der Waals surface area contributed by atoms with Crippen LogP contribution in [-0.2, 0) is 36.5 Å². The molecule has 0 saturated carbocycles. The summed E-state index contributed by atoms with van der Waals surface area (Å²) in [7, 11) is -1.89. The number of hydrogen-bond donors (Lipinski definition) is 0. The van der Waals surface area contributed by atoms with E-state index in [2.05, 4.69) is 31.9 Å². The molecule has 1 aromatic carbocycles. The maximum atomic E-state index is 12.9. The average molecular weight is 386 g/mol. The summed E-state index contributed by atoms with van der Waals surface area (Å²) in [5.41, 5.74) is 1.25. The Bertz CT molecular complexity index is 1040. The van der Waals surface area contributed by atoms with Crippen LogP contribution in [-0.4, -0.2) is 43.6 Å². The van der Waals surface area contributed by atoms with Crippen LogP contribution in [0.1, 0.15) is 30.2 Å². The van der Waals surface area contributed by atoms with Gasteiger partial charge in [0, 0.05) is 32.3 Å². The Labute approximate surface area is 158 Å². The summed E-state index contributed by atoms with van der Waals surface area (Å²) >= 11 is 0. The molecule has 3 heterocycles. The molecule has 0 aliphatic carbocycles. The van der Waals surface area contributed by atoms with Crippen molar-refractivity contribution < 1.29 is 8.42 Å². The number of rotatable bonds is 5. The van der Waals surface area contributed by atoms with Gasteiger partial charge in [0.15, 0.2) is 5.03 Å². The molecule has 0 fully saturated rings. The molecule has 2 aromatic heterocycles. The van der Waals surface area contributed by atoms with Crippen molar-refractivity contribution in [3.05, 3.63) is 60.1 Å². The summed E-state index contributed by atoms with van der Waals surface area (Å²) < 4.78 is 30.9. The number of fused-ring (bicyclic) bond motifs is 1. The van der Waals surface area contributed by atoms with Crippen LogP contribution in [0.25, 0.3) is 0 Å². The molecule has 0 unspecified atom stereocenters. The van der Waals surface area contributed by atoms with Gasteiger partial charge >= 0.3 is 0 Å². The lowest BCUT2D eigenvalue weighted by Crippen LogP contribution is -2.40. The molecule has 1 atom stereocenters. The number of imidazole rings is 1. The summed E-state index contributed by atoms with van der Waals surface area (Å²) in [4.78, 5) is 4.00. The van der Waals surface area contributed by atoms with Gasteiger partial charge in [0.05, 0.1) is 12.9 Å². The maximum absolute atomic E-state index is 12.9. The van der Waals surface area contributed by atoms with Gasteiger partial charge in [-0.2, -0.15) is 4.31 Å². The van der Waals surface area contributed by atoms with Crippen LogP contribution < -0.4 is 0 Å². The molecule has 0 amide bonds. The fraction of sp³-hybridized carbons (Fsp3) is 0.389. The molecule has 0 bridgehead atoms. The van der Waals surface area contributed by atoms with E-state index >= 15 is 0 Å². The zero-order chi connectivity index (χ0) is 19.0. The summed E-state index contributed by atoms with van der Waals surface area (Å²) in [6.45, 7) is 2.59. The quantitative estimate of drug-likeness (QED) is 0.664. The van der Waals surface area contributed by atoms with Gasteiger partial charge in [-0.1, -0.05) is 30.3 Å². The van der Waals surface area contributed by atoms with Crippen molar-refractivity contribution in [1.29, 1.82) is 0 Å². The SMILES string of the molecule is C[C@H]1CN(S(=O)(=O)c2cn(C)cn2)Cc2nnc(CCc3ccccc3)n21. The van der Waals surface area contributed by atoms with Crippen LogP contribution in [0.3, 0.4) is 0 Å². The molecule has 8 nitrogen and oxygen atoms in total. The van der Waals surface area contributed by atoms with Crippen molar-refractivity contribution in [1.82, 2.24) is 28.6 Å². The molecule has 1 aliphatic heterocycles. The highest BCUT2D eigenvalue weighted by atomic mass is 32.2. The first-order valence-corrected chi connectivity index (χ1v) is 10.3. The average Bonchev–Trinajstić information content (AvgIpc) is 3.27. The Morgan fingerprint density at radius 2 is 1.93 bits per heavy atom. The Balaban J connectivity index is 1.55. The molecule has 1 aliphatic rings. The van der Waals surface area contributed by atoms with Gasteiger partial charge in [-0.05, 0) is 18.9 Å². The van der Waals surface area contributed by atoms with E-state index in [1.54, 1.807) is 11.6 Å². The smallest absolute Gasteiger partial charge is 0.262 e. The summed E-state index contributed by atoms with van der Waals surface area (Å²) in [6, 6.07) is 10.2. The van der Waals surface area contributed by atoms with Crippen molar-refractivity contribution >= 4 is 10.0 Å². The molecule has 0 radical (unpaired) electrons. The van der Waals surface area contributed by atoms with Crippen molar-refractivity contribution in [2.45, 2.75) is 37.4 Å². The van der Waals surface area contributed by atoms with E-state index in [4.69, 9.17) is 0 Å². The first kappa shape index (κ1) is 17.9. The maximum Gasteiger partial charge on any atom is 0.262 e.